The van der Waals surface area contributed by atoms with Gasteiger partial charge in [0.05, 0.1) is 4.92 Å². The van der Waals surface area contributed by atoms with Gasteiger partial charge in [-0.2, -0.15) is 0 Å². The Balaban J connectivity index is 1.74. The van der Waals surface area contributed by atoms with E-state index in [0.717, 1.165) is 5.56 Å². The Morgan fingerprint density at radius 3 is 2.11 bits per heavy atom. The Hall–Kier alpha value is -3.22. The average Bonchev–Trinajstić information content (AvgIpc) is 2.67. The number of nitrogens with zero attached hydrogens (tertiary/aromatic N) is 3. The fraction of sp³-hybridized carbons (Fsp3) is 0.300. The summed E-state index contributed by atoms with van der Waals surface area (Å²) >= 11 is 0. The number of benzene rings is 2. The van der Waals surface area contributed by atoms with Crippen molar-refractivity contribution < 1.29 is 14.5 Å². The number of amides is 1. The van der Waals surface area contributed by atoms with Crippen molar-refractivity contribution in [2.24, 2.45) is 0 Å². The predicted octanol–water partition coefficient (Wildman–Crippen LogP) is 3.07. The molecular formula is C20H21N3O4. The highest BCUT2D eigenvalue weighted by Gasteiger charge is 2.26. The van der Waals surface area contributed by atoms with E-state index in [2.05, 4.69) is 0 Å². The van der Waals surface area contributed by atoms with E-state index in [1.165, 1.54) is 13.0 Å². The minimum absolute atomic E-state index is 0.0314. The zero-order valence-electron chi connectivity index (χ0n) is 15.3. The normalized spacial score (nSPS) is 14.1. The fourth-order valence-corrected chi connectivity index (χ4v) is 3.19. The van der Waals surface area contributed by atoms with Crippen LogP contribution < -0.4 is 4.90 Å². The van der Waals surface area contributed by atoms with Gasteiger partial charge in [-0.3, -0.25) is 19.7 Å². The number of carbonyl (C=O) groups is 2. The molecule has 7 nitrogen and oxygen atoms in total. The third-order valence-corrected chi connectivity index (χ3v) is 4.78. The van der Waals surface area contributed by atoms with Crippen LogP contribution in [0.2, 0.25) is 0 Å². The van der Waals surface area contributed by atoms with Crippen molar-refractivity contribution in [3.8, 4) is 0 Å². The lowest BCUT2D eigenvalue weighted by Gasteiger charge is -2.36. The Kier molecular flexibility index (Phi) is 5.21. The van der Waals surface area contributed by atoms with E-state index in [4.69, 9.17) is 0 Å². The van der Waals surface area contributed by atoms with Crippen molar-refractivity contribution in [2.75, 3.05) is 31.1 Å². The van der Waals surface area contributed by atoms with Crippen molar-refractivity contribution in [1.29, 1.82) is 0 Å². The maximum Gasteiger partial charge on any atom is 0.293 e. The van der Waals surface area contributed by atoms with Crippen molar-refractivity contribution in [2.45, 2.75) is 13.8 Å². The first-order chi connectivity index (χ1) is 12.9. The summed E-state index contributed by atoms with van der Waals surface area (Å²) in [5.41, 5.74) is 2.45. The molecule has 0 spiro atoms. The second-order valence-corrected chi connectivity index (χ2v) is 6.66. The molecular weight excluding hydrogens is 346 g/mol. The van der Waals surface area contributed by atoms with Gasteiger partial charge in [-0.25, -0.2) is 0 Å². The molecule has 0 saturated carbocycles. The van der Waals surface area contributed by atoms with Gasteiger partial charge in [0.15, 0.2) is 5.78 Å². The number of aryl methyl sites for hydroxylation is 1. The molecule has 1 aliphatic heterocycles. The van der Waals surface area contributed by atoms with Gasteiger partial charge in [0.1, 0.15) is 5.69 Å². The zero-order chi connectivity index (χ0) is 19.6. The zero-order valence-corrected chi connectivity index (χ0v) is 15.3. The second kappa shape index (κ2) is 7.57. The van der Waals surface area contributed by atoms with Gasteiger partial charge in [-0.15, -0.1) is 0 Å². The summed E-state index contributed by atoms with van der Waals surface area (Å²) in [6.45, 7) is 5.32. The molecule has 1 fully saturated rings. The summed E-state index contributed by atoms with van der Waals surface area (Å²) in [6, 6.07) is 12.0. The molecule has 1 aliphatic rings. The number of anilines is 1. The Labute approximate surface area is 157 Å². The second-order valence-electron chi connectivity index (χ2n) is 6.66. The highest BCUT2D eigenvalue weighted by atomic mass is 16.6. The van der Waals surface area contributed by atoms with Crippen LogP contribution in [-0.2, 0) is 0 Å². The van der Waals surface area contributed by atoms with Crippen molar-refractivity contribution >= 4 is 23.1 Å². The number of nitro groups is 1. The molecule has 27 heavy (non-hydrogen) atoms. The standard InChI is InChI=1S/C20H21N3O4/c1-14-3-5-16(6-4-14)20(25)22-11-9-21(10-12-22)18-8-7-17(15(2)24)13-19(18)23(26)27/h3-8,13H,9-12H2,1-2H3. The third kappa shape index (κ3) is 3.97. The number of hydrogen-bond donors (Lipinski definition) is 0. The number of carbonyl (C=O) groups excluding carboxylic acids is 2. The van der Waals surface area contributed by atoms with E-state index >= 15 is 0 Å². The van der Waals surface area contributed by atoms with Gasteiger partial charge in [0.2, 0.25) is 0 Å². The summed E-state index contributed by atoms with van der Waals surface area (Å²) in [5.74, 6) is -0.241. The molecule has 1 heterocycles. The van der Waals surface area contributed by atoms with Gasteiger partial charge in [0, 0.05) is 43.4 Å². The molecule has 2 aromatic carbocycles. The molecule has 0 atom stereocenters. The van der Waals surface area contributed by atoms with Crippen molar-refractivity contribution in [3.63, 3.8) is 0 Å². The van der Waals surface area contributed by atoms with Crippen LogP contribution in [0.5, 0.6) is 0 Å². The molecule has 0 unspecified atom stereocenters. The fourth-order valence-electron chi connectivity index (χ4n) is 3.19. The van der Waals surface area contributed by atoms with Crippen LogP contribution >= 0.6 is 0 Å². The van der Waals surface area contributed by atoms with Crippen LogP contribution in [0.15, 0.2) is 42.5 Å². The lowest BCUT2D eigenvalue weighted by atomic mass is 10.1. The third-order valence-electron chi connectivity index (χ3n) is 4.78. The molecule has 140 valence electrons. The molecule has 3 rings (SSSR count). The smallest absolute Gasteiger partial charge is 0.293 e. The number of rotatable bonds is 4. The molecule has 0 bridgehead atoms. The quantitative estimate of drug-likeness (QED) is 0.471. The van der Waals surface area contributed by atoms with Gasteiger partial charge in [-0.05, 0) is 38.1 Å². The number of hydrogen-bond acceptors (Lipinski definition) is 5. The number of piperazine rings is 1. The van der Waals surface area contributed by atoms with Crippen LogP contribution in [0.3, 0.4) is 0 Å². The molecule has 0 aromatic heterocycles. The Morgan fingerprint density at radius 1 is 0.963 bits per heavy atom. The van der Waals surface area contributed by atoms with Crippen LogP contribution in [0.1, 0.15) is 33.2 Å². The lowest BCUT2D eigenvalue weighted by molar-refractivity contribution is -0.384. The first-order valence-electron chi connectivity index (χ1n) is 8.77. The van der Waals surface area contributed by atoms with E-state index in [1.807, 2.05) is 36.1 Å². The Bertz CT molecular complexity index is 885. The molecule has 7 heteroatoms. The number of Topliss-reactive ketones (excluding diaryl/α,β-unsaturated/α-hetero) is 1. The van der Waals surface area contributed by atoms with Crippen LogP contribution in [0, 0.1) is 17.0 Å². The summed E-state index contributed by atoms with van der Waals surface area (Å²) in [5, 5.41) is 11.4. The van der Waals surface area contributed by atoms with E-state index in [1.54, 1.807) is 17.0 Å². The summed E-state index contributed by atoms with van der Waals surface area (Å²) in [7, 11) is 0. The van der Waals surface area contributed by atoms with Gasteiger partial charge >= 0.3 is 0 Å². The summed E-state index contributed by atoms with van der Waals surface area (Å²) < 4.78 is 0. The number of nitro benzene ring substituents is 1. The van der Waals surface area contributed by atoms with Crippen molar-refractivity contribution in [3.05, 3.63) is 69.3 Å². The van der Waals surface area contributed by atoms with Crippen LogP contribution in [0.25, 0.3) is 0 Å². The van der Waals surface area contributed by atoms with Crippen LogP contribution in [-0.4, -0.2) is 47.7 Å². The van der Waals surface area contributed by atoms with E-state index in [0.29, 0.717) is 43.0 Å². The number of ketones is 1. The highest BCUT2D eigenvalue weighted by molar-refractivity contribution is 5.96. The molecule has 1 amide bonds. The van der Waals surface area contributed by atoms with Crippen molar-refractivity contribution in [1.82, 2.24) is 4.90 Å². The first-order valence-corrected chi connectivity index (χ1v) is 8.77. The molecule has 2 aromatic rings. The monoisotopic (exact) mass is 367 g/mol. The molecule has 0 N–H and O–H groups in total. The van der Waals surface area contributed by atoms with Crippen LogP contribution in [0.4, 0.5) is 11.4 Å². The summed E-state index contributed by atoms with van der Waals surface area (Å²) in [4.78, 5) is 38.7. The van der Waals surface area contributed by atoms with E-state index < -0.39 is 4.92 Å². The molecule has 0 aliphatic carbocycles. The Morgan fingerprint density at radius 2 is 1.56 bits per heavy atom. The predicted molar refractivity (Wildman–Crippen MR) is 102 cm³/mol. The van der Waals surface area contributed by atoms with Gasteiger partial charge in [-0.1, -0.05) is 17.7 Å². The lowest BCUT2D eigenvalue weighted by Crippen LogP contribution is -2.49. The molecule has 1 saturated heterocycles. The largest absolute Gasteiger partial charge is 0.362 e. The van der Waals surface area contributed by atoms with Gasteiger partial charge in [0.25, 0.3) is 11.6 Å². The maximum absolute atomic E-state index is 12.6. The first kappa shape index (κ1) is 18.6. The SMILES string of the molecule is CC(=O)c1ccc(N2CCN(C(=O)c3ccc(C)cc3)CC2)c([N+](=O)[O-])c1. The maximum atomic E-state index is 12.6. The summed E-state index contributed by atoms with van der Waals surface area (Å²) in [6.07, 6.45) is 0. The highest BCUT2D eigenvalue weighted by Crippen LogP contribution is 2.30. The van der Waals surface area contributed by atoms with E-state index in [9.17, 15) is 19.7 Å². The van der Waals surface area contributed by atoms with Gasteiger partial charge < -0.3 is 9.80 Å². The topological polar surface area (TPSA) is 83.8 Å². The molecule has 0 radical (unpaired) electrons. The minimum atomic E-state index is -0.467. The minimum Gasteiger partial charge on any atom is -0.362 e. The average molecular weight is 367 g/mol. The van der Waals surface area contributed by atoms with E-state index in [-0.39, 0.29) is 17.4 Å².